The Kier molecular flexibility index (Phi) is 28.5. The summed E-state index contributed by atoms with van der Waals surface area (Å²) >= 11 is 0. The predicted molar refractivity (Wildman–Crippen MR) is 634 cm³/mol. The first-order chi connectivity index (χ1) is 74.3. The third kappa shape index (κ3) is 21.4. The molecule has 0 saturated heterocycles. The number of nitrogens with zero attached hydrogens (tertiary/aromatic N) is 6. The smallest absolute Gasteiger partial charge is 0.187 e. The number of fused-ring (bicyclic) bond motifs is 4. The molecule has 0 heterocycles. The molecule has 0 fully saturated rings. The van der Waals surface area contributed by atoms with Crippen molar-refractivity contribution < 1.29 is 0 Å². The highest BCUT2D eigenvalue weighted by Gasteiger charge is 2.24. The number of anilines is 12. The van der Waals surface area contributed by atoms with Gasteiger partial charge in [0.1, 0.15) is 0 Å². The molecular formula is C144H102N6. The van der Waals surface area contributed by atoms with Gasteiger partial charge in [0, 0.05) is 68.1 Å². The molecule has 6 nitrogen and oxygen atoms in total. The lowest BCUT2D eigenvalue weighted by Gasteiger charge is -2.28. The van der Waals surface area contributed by atoms with Crippen LogP contribution in [0.25, 0.3) is 148 Å². The van der Waals surface area contributed by atoms with Crippen LogP contribution in [0.1, 0.15) is 5.56 Å². The van der Waals surface area contributed by atoms with E-state index in [-0.39, 0.29) is 0 Å². The van der Waals surface area contributed by atoms with Crippen LogP contribution in [0.2, 0.25) is 0 Å². The molecule has 0 aliphatic carbocycles. The van der Waals surface area contributed by atoms with Crippen molar-refractivity contribution in [3.05, 3.63) is 636 Å². The fourth-order valence-corrected chi connectivity index (χ4v) is 20.0. The second-order valence-corrected chi connectivity index (χ2v) is 36.9. The van der Waals surface area contributed by atoms with E-state index < -0.39 is 0 Å². The van der Waals surface area contributed by atoms with Crippen LogP contribution in [-0.2, 0) is 0 Å². The van der Waals surface area contributed by atoms with Gasteiger partial charge in [0.2, 0.25) is 0 Å². The van der Waals surface area contributed by atoms with Gasteiger partial charge in [-0.25, -0.2) is 4.85 Å². The SMILES string of the molecule is [C-]#[N+]c1ccc(N(c2ccc(C#N)cc2)c2cc3ccccc3cc2-c2ccccc2)cc1.c1ccc(-c2cc3ccccc3cc2-c2ccc(N(c3ccccc3)c3ccccc3)cc2)cc1.c1ccc(-c2ccc(N(c3ccccc3)c3ccc(-c4cc5ccccc5cc4-c4ccccc4)cc3)cc2)cc1.c1ccc(-c2cccc(N(c3ccccc3)c3ccc(-c4cc5ccccc5cc4-c4ccccc4)cc3)c2)cc1. The van der Waals surface area contributed by atoms with Crippen molar-refractivity contribution in [3.63, 3.8) is 0 Å². The van der Waals surface area contributed by atoms with Crippen molar-refractivity contribution in [1.29, 1.82) is 5.26 Å². The quantitative estimate of drug-likeness (QED) is 0.0671. The molecule has 25 aromatic rings. The van der Waals surface area contributed by atoms with Crippen molar-refractivity contribution in [2.45, 2.75) is 0 Å². The lowest BCUT2D eigenvalue weighted by molar-refractivity contribution is 1.28. The molecule has 0 saturated carbocycles. The predicted octanol–water partition coefficient (Wildman–Crippen LogP) is 40.7. The molecule has 0 unspecified atom stereocenters. The Balaban J connectivity index is 0.000000113. The largest absolute Gasteiger partial charge is 0.311 e. The lowest BCUT2D eigenvalue weighted by atomic mass is 9.91. The zero-order valence-electron chi connectivity index (χ0n) is 82.6. The number of hydrogen-bond donors (Lipinski definition) is 0. The molecule has 0 spiro atoms. The van der Waals surface area contributed by atoms with Gasteiger partial charge in [0.25, 0.3) is 0 Å². The molecule has 0 aliphatic rings. The summed E-state index contributed by atoms with van der Waals surface area (Å²) in [6.45, 7) is 7.31. The molecule has 0 N–H and O–H groups in total. The van der Waals surface area contributed by atoms with E-state index in [9.17, 15) is 5.26 Å². The molecular weight excluding hydrogens is 1810 g/mol. The number of nitriles is 1. The van der Waals surface area contributed by atoms with Gasteiger partial charge in [-0.3, -0.25) is 0 Å². The van der Waals surface area contributed by atoms with Gasteiger partial charge >= 0.3 is 0 Å². The topological polar surface area (TPSA) is 41.1 Å². The summed E-state index contributed by atoms with van der Waals surface area (Å²) in [5.41, 5.74) is 36.1. The fourth-order valence-electron chi connectivity index (χ4n) is 20.0. The normalized spacial score (nSPS) is 10.8. The van der Waals surface area contributed by atoms with Gasteiger partial charge in [-0.1, -0.05) is 425 Å². The molecule has 150 heavy (non-hydrogen) atoms. The van der Waals surface area contributed by atoms with E-state index in [1.54, 1.807) is 0 Å². The Morgan fingerprint density at radius 2 is 0.333 bits per heavy atom. The van der Waals surface area contributed by atoms with Crippen molar-refractivity contribution in [2.75, 3.05) is 19.6 Å². The van der Waals surface area contributed by atoms with E-state index in [0.717, 1.165) is 84.8 Å². The highest BCUT2D eigenvalue weighted by atomic mass is 15.2. The maximum Gasteiger partial charge on any atom is 0.187 e. The van der Waals surface area contributed by atoms with E-state index in [1.807, 2.05) is 72.8 Å². The van der Waals surface area contributed by atoms with Gasteiger partial charge in [-0.2, -0.15) is 5.26 Å². The second-order valence-electron chi connectivity index (χ2n) is 36.9. The van der Waals surface area contributed by atoms with Gasteiger partial charge in [0.15, 0.2) is 5.69 Å². The molecule has 0 aliphatic heterocycles. The summed E-state index contributed by atoms with van der Waals surface area (Å²) in [5.74, 6) is 0. The average molecular weight is 1920 g/mol. The van der Waals surface area contributed by atoms with Crippen LogP contribution in [0, 0.1) is 17.9 Å². The summed E-state index contributed by atoms with van der Waals surface area (Å²) < 4.78 is 0. The molecule has 25 aromatic carbocycles. The minimum Gasteiger partial charge on any atom is -0.311 e. The minimum atomic E-state index is 0.598. The van der Waals surface area contributed by atoms with Gasteiger partial charge in [0.05, 0.1) is 23.9 Å². The van der Waals surface area contributed by atoms with Gasteiger partial charge < -0.3 is 19.6 Å². The number of para-hydroxylation sites is 4. The summed E-state index contributed by atoms with van der Waals surface area (Å²) in [7, 11) is 0. The van der Waals surface area contributed by atoms with E-state index in [4.69, 9.17) is 6.57 Å². The Hall–Kier alpha value is -20.3. The Morgan fingerprint density at radius 1 is 0.147 bits per heavy atom. The number of hydrogen-bond acceptors (Lipinski definition) is 5. The van der Waals surface area contributed by atoms with Gasteiger partial charge in [-0.15, -0.1) is 0 Å². The highest BCUT2D eigenvalue weighted by Crippen LogP contribution is 2.48. The molecule has 0 aromatic heterocycles. The van der Waals surface area contributed by atoms with Crippen LogP contribution in [0.5, 0.6) is 0 Å². The van der Waals surface area contributed by atoms with Crippen molar-refractivity contribution >= 4 is 117 Å². The molecule has 0 bridgehead atoms. The third-order valence-corrected chi connectivity index (χ3v) is 27.4. The molecule has 0 atom stereocenters. The van der Waals surface area contributed by atoms with Gasteiger partial charge in [-0.05, 0) is 332 Å². The van der Waals surface area contributed by atoms with E-state index >= 15 is 0 Å². The zero-order valence-corrected chi connectivity index (χ0v) is 82.6. The Morgan fingerprint density at radius 3 is 0.620 bits per heavy atom. The fraction of sp³-hybridized carbons (Fsp3) is 0. The van der Waals surface area contributed by atoms with E-state index in [0.29, 0.717) is 11.3 Å². The lowest BCUT2D eigenvalue weighted by Crippen LogP contribution is -2.11. The average Bonchev–Trinajstić information content (AvgIpc) is 0.750. The van der Waals surface area contributed by atoms with Crippen LogP contribution in [0.4, 0.5) is 73.9 Å². The second kappa shape index (κ2) is 45.1. The highest BCUT2D eigenvalue weighted by molar-refractivity contribution is 6.03. The minimum absolute atomic E-state index is 0.598. The first-order valence-electron chi connectivity index (χ1n) is 50.6. The first kappa shape index (κ1) is 94.6. The van der Waals surface area contributed by atoms with Crippen LogP contribution in [-0.4, -0.2) is 0 Å². The van der Waals surface area contributed by atoms with E-state index in [1.165, 1.54) is 127 Å². The Labute approximate surface area is 877 Å². The summed E-state index contributed by atoms with van der Waals surface area (Å²) in [4.78, 5) is 12.7. The molecule has 0 radical (unpaired) electrons. The van der Waals surface area contributed by atoms with Crippen LogP contribution < -0.4 is 19.6 Å². The summed E-state index contributed by atoms with van der Waals surface area (Å²) in [6.07, 6.45) is 0. The van der Waals surface area contributed by atoms with Crippen molar-refractivity contribution in [1.82, 2.24) is 0 Å². The van der Waals surface area contributed by atoms with Crippen molar-refractivity contribution in [2.24, 2.45) is 0 Å². The molecule has 708 valence electrons. The molecule has 25 rings (SSSR count). The standard InChI is InChI=1S/2C40H29N.C34H25N.C30H19N3/c1-4-13-30(14-5-1)33-19-12-22-38(27-33)41(36-20-8-3-9-21-36)37-25-23-32(24-26-37)40-29-35-18-11-10-17-34(35)28-39(40)31-15-6-2-7-16-31;1-4-12-30(13-5-1)31-20-24-37(25-21-31)41(36-18-8-3-9-19-36)38-26-22-33(23-27-38)40-29-35-17-11-10-16-34(35)28-39(40)32-14-6-2-7-15-32;1-4-12-26(13-5-1)33-24-28-14-10-11-15-29(28)25-34(33)27-20-22-32(23-21-27)35(30-16-6-2-7-17-30)31-18-8-3-9-19-31;1-32-26-13-17-28(18-14-26)33(27-15-11-22(21-31)12-16-27)30-20-25-10-6-5-9-24(25)19-29(30)23-7-3-2-4-8-23/h2*1-29H;1-25H;2-20H. The van der Waals surface area contributed by atoms with Crippen molar-refractivity contribution in [3.8, 4) is 106 Å². The number of benzene rings is 25. The molecule has 6 heteroatoms. The maximum atomic E-state index is 9.28. The third-order valence-electron chi connectivity index (χ3n) is 27.4. The summed E-state index contributed by atoms with van der Waals surface area (Å²) in [6, 6.07) is 220. The maximum absolute atomic E-state index is 9.28. The zero-order chi connectivity index (χ0) is 101. The van der Waals surface area contributed by atoms with Crippen LogP contribution in [0.15, 0.2) is 619 Å². The first-order valence-corrected chi connectivity index (χ1v) is 50.6. The Bertz CT molecular complexity index is 8880. The van der Waals surface area contributed by atoms with Crippen LogP contribution in [0.3, 0.4) is 0 Å². The van der Waals surface area contributed by atoms with E-state index in [2.05, 4.69) is 576 Å². The summed E-state index contributed by atoms with van der Waals surface area (Å²) in [5, 5.41) is 19.1. The monoisotopic (exact) mass is 1910 g/mol. The molecule has 0 amide bonds. The number of rotatable bonds is 21. The van der Waals surface area contributed by atoms with Crippen LogP contribution >= 0.6 is 0 Å².